The van der Waals surface area contributed by atoms with Gasteiger partial charge in [-0.1, -0.05) is 6.92 Å². The molecule has 1 fully saturated rings. The summed E-state index contributed by atoms with van der Waals surface area (Å²) in [6.45, 7) is 4.71. The lowest BCUT2D eigenvalue weighted by Crippen LogP contribution is -2.51. The zero-order valence-corrected chi connectivity index (χ0v) is 8.08. The van der Waals surface area contributed by atoms with Crippen molar-refractivity contribution in [1.29, 1.82) is 0 Å². The smallest absolute Gasteiger partial charge is 0.220 e. The molecule has 0 aromatic rings. The highest BCUT2D eigenvalue weighted by molar-refractivity contribution is 5.88. The minimum absolute atomic E-state index is 0.0462. The summed E-state index contributed by atoms with van der Waals surface area (Å²) in [4.78, 5) is 24.1. The molecule has 74 valence electrons. The molecule has 1 unspecified atom stereocenters. The van der Waals surface area contributed by atoms with Crippen molar-refractivity contribution in [2.45, 2.75) is 26.3 Å². The second kappa shape index (κ2) is 4.37. The molecular formula is C9H15NO3. The SMILES string of the molecule is CCC(=O)C1COCCN1C(C)=O. The van der Waals surface area contributed by atoms with Crippen LogP contribution in [-0.2, 0) is 14.3 Å². The fourth-order valence-corrected chi connectivity index (χ4v) is 1.48. The number of rotatable bonds is 2. The number of hydrogen-bond donors (Lipinski definition) is 0. The third-order valence-electron chi connectivity index (χ3n) is 2.25. The van der Waals surface area contributed by atoms with Crippen molar-refractivity contribution < 1.29 is 14.3 Å². The molecule has 0 N–H and O–H groups in total. The van der Waals surface area contributed by atoms with Gasteiger partial charge in [-0.25, -0.2) is 0 Å². The van der Waals surface area contributed by atoms with E-state index in [1.807, 2.05) is 0 Å². The molecule has 1 heterocycles. The third-order valence-corrected chi connectivity index (χ3v) is 2.25. The van der Waals surface area contributed by atoms with E-state index in [0.29, 0.717) is 26.2 Å². The number of carbonyl (C=O) groups excluding carboxylic acids is 2. The molecule has 0 saturated carbocycles. The Hall–Kier alpha value is -0.900. The first-order valence-electron chi connectivity index (χ1n) is 4.54. The van der Waals surface area contributed by atoms with E-state index in [1.54, 1.807) is 11.8 Å². The molecule has 1 aliphatic rings. The molecule has 4 nitrogen and oxygen atoms in total. The molecule has 1 aliphatic heterocycles. The molecule has 13 heavy (non-hydrogen) atoms. The van der Waals surface area contributed by atoms with Gasteiger partial charge < -0.3 is 9.64 Å². The molecule has 1 amide bonds. The highest BCUT2D eigenvalue weighted by Gasteiger charge is 2.29. The van der Waals surface area contributed by atoms with Crippen LogP contribution in [0, 0.1) is 0 Å². The second-order valence-electron chi connectivity index (χ2n) is 3.12. The van der Waals surface area contributed by atoms with Crippen molar-refractivity contribution in [1.82, 2.24) is 4.90 Å². The van der Waals surface area contributed by atoms with E-state index < -0.39 is 0 Å². The van der Waals surface area contributed by atoms with Crippen LogP contribution in [0.1, 0.15) is 20.3 Å². The number of ketones is 1. The van der Waals surface area contributed by atoms with Crippen molar-refractivity contribution >= 4 is 11.7 Å². The summed E-state index contributed by atoms with van der Waals surface area (Å²) < 4.78 is 5.17. The molecule has 0 aromatic heterocycles. The quantitative estimate of drug-likeness (QED) is 0.618. The summed E-state index contributed by atoms with van der Waals surface area (Å²) in [7, 11) is 0. The van der Waals surface area contributed by atoms with E-state index in [4.69, 9.17) is 4.74 Å². The van der Waals surface area contributed by atoms with Crippen LogP contribution in [0.3, 0.4) is 0 Å². The maximum Gasteiger partial charge on any atom is 0.220 e. The number of morpholine rings is 1. The van der Waals surface area contributed by atoms with E-state index in [1.165, 1.54) is 6.92 Å². The van der Waals surface area contributed by atoms with Gasteiger partial charge in [-0.15, -0.1) is 0 Å². The van der Waals surface area contributed by atoms with Gasteiger partial charge in [0.25, 0.3) is 0 Å². The summed E-state index contributed by atoms with van der Waals surface area (Å²) in [6.07, 6.45) is 0.456. The molecule has 0 spiro atoms. The van der Waals surface area contributed by atoms with Gasteiger partial charge >= 0.3 is 0 Å². The highest BCUT2D eigenvalue weighted by Crippen LogP contribution is 2.09. The minimum atomic E-state index is -0.351. The zero-order chi connectivity index (χ0) is 9.84. The highest BCUT2D eigenvalue weighted by atomic mass is 16.5. The first-order chi connectivity index (χ1) is 6.16. The Labute approximate surface area is 77.8 Å². The third kappa shape index (κ3) is 2.28. The summed E-state index contributed by atoms with van der Waals surface area (Å²) in [6, 6.07) is -0.351. The van der Waals surface area contributed by atoms with Crippen LogP contribution in [0.2, 0.25) is 0 Å². The lowest BCUT2D eigenvalue weighted by molar-refractivity contribution is -0.145. The maximum absolute atomic E-state index is 11.4. The van der Waals surface area contributed by atoms with Crippen LogP contribution in [0.25, 0.3) is 0 Å². The maximum atomic E-state index is 11.4. The molecule has 4 heteroatoms. The molecule has 0 radical (unpaired) electrons. The number of nitrogens with zero attached hydrogens (tertiary/aromatic N) is 1. The monoisotopic (exact) mass is 185 g/mol. The van der Waals surface area contributed by atoms with Crippen molar-refractivity contribution in [3.8, 4) is 0 Å². The molecule has 0 bridgehead atoms. The summed E-state index contributed by atoms with van der Waals surface area (Å²) >= 11 is 0. The minimum Gasteiger partial charge on any atom is -0.377 e. The number of Topliss-reactive ketones (excluding diaryl/α,β-unsaturated/α-hetero) is 1. The van der Waals surface area contributed by atoms with Crippen LogP contribution >= 0.6 is 0 Å². The number of carbonyl (C=O) groups is 2. The Morgan fingerprint density at radius 2 is 2.23 bits per heavy atom. The standard InChI is InChI=1S/C9H15NO3/c1-3-9(12)8-6-13-5-4-10(8)7(2)11/h8H,3-6H2,1-2H3. The normalized spacial score (nSPS) is 22.9. The fraction of sp³-hybridized carbons (Fsp3) is 0.778. The van der Waals surface area contributed by atoms with Crippen LogP contribution in [0.5, 0.6) is 0 Å². The van der Waals surface area contributed by atoms with Crippen molar-refractivity contribution in [2.75, 3.05) is 19.8 Å². The van der Waals surface area contributed by atoms with Crippen molar-refractivity contribution in [2.24, 2.45) is 0 Å². The van der Waals surface area contributed by atoms with Gasteiger partial charge in [0.05, 0.1) is 13.2 Å². The van der Waals surface area contributed by atoms with Gasteiger partial charge in [0, 0.05) is 19.9 Å². The van der Waals surface area contributed by atoms with Gasteiger partial charge in [0.1, 0.15) is 6.04 Å². The number of ether oxygens (including phenoxy) is 1. The fourth-order valence-electron chi connectivity index (χ4n) is 1.48. The Bertz CT molecular complexity index is 215. The average molecular weight is 185 g/mol. The van der Waals surface area contributed by atoms with Crippen molar-refractivity contribution in [3.05, 3.63) is 0 Å². The van der Waals surface area contributed by atoms with E-state index >= 15 is 0 Å². The predicted octanol–water partition coefficient (Wildman–Crippen LogP) is 0.213. The number of amides is 1. The Balaban J connectivity index is 2.67. The summed E-state index contributed by atoms with van der Waals surface area (Å²) in [5, 5.41) is 0. The molecule has 1 saturated heterocycles. The van der Waals surface area contributed by atoms with E-state index in [9.17, 15) is 9.59 Å². The second-order valence-corrected chi connectivity index (χ2v) is 3.12. The van der Waals surface area contributed by atoms with Gasteiger partial charge in [-0.2, -0.15) is 0 Å². The Morgan fingerprint density at radius 1 is 1.54 bits per heavy atom. The van der Waals surface area contributed by atoms with Gasteiger partial charge in [-0.3, -0.25) is 9.59 Å². The van der Waals surface area contributed by atoms with E-state index in [-0.39, 0.29) is 17.7 Å². The number of hydrogen-bond acceptors (Lipinski definition) is 3. The van der Waals surface area contributed by atoms with Gasteiger partial charge in [-0.05, 0) is 0 Å². The summed E-state index contributed by atoms with van der Waals surface area (Å²) in [5.74, 6) is 0.0324. The Kier molecular flexibility index (Phi) is 3.42. The average Bonchev–Trinajstić information content (AvgIpc) is 2.16. The topological polar surface area (TPSA) is 46.6 Å². The van der Waals surface area contributed by atoms with Crippen LogP contribution in [-0.4, -0.2) is 42.4 Å². The molecule has 0 aromatic carbocycles. The lowest BCUT2D eigenvalue weighted by Gasteiger charge is -2.33. The predicted molar refractivity (Wildman–Crippen MR) is 47.3 cm³/mol. The molecule has 1 atom stereocenters. The first kappa shape index (κ1) is 10.2. The largest absolute Gasteiger partial charge is 0.377 e. The molecular weight excluding hydrogens is 170 g/mol. The van der Waals surface area contributed by atoms with Gasteiger partial charge in [0.15, 0.2) is 5.78 Å². The van der Waals surface area contributed by atoms with Crippen LogP contribution < -0.4 is 0 Å². The molecule has 0 aliphatic carbocycles. The van der Waals surface area contributed by atoms with E-state index in [2.05, 4.69) is 0 Å². The summed E-state index contributed by atoms with van der Waals surface area (Å²) in [5.41, 5.74) is 0. The lowest BCUT2D eigenvalue weighted by atomic mass is 10.1. The van der Waals surface area contributed by atoms with Crippen molar-refractivity contribution in [3.63, 3.8) is 0 Å². The molecule has 1 rings (SSSR count). The van der Waals surface area contributed by atoms with Crippen LogP contribution in [0.15, 0.2) is 0 Å². The first-order valence-corrected chi connectivity index (χ1v) is 4.54. The van der Waals surface area contributed by atoms with Gasteiger partial charge in [0.2, 0.25) is 5.91 Å². The van der Waals surface area contributed by atoms with E-state index in [0.717, 1.165) is 0 Å². The zero-order valence-electron chi connectivity index (χ0n) is 8.08. The van der Waals surface area contributed by atoms with Crippen LogP contribution in [0.4, 0.5) is 0 Å². The Morgan fingerprint density at radius 3 is 2.77 bits per heavy atom.